The maximum Gasteiger partial charge on any atom is 0.119 e. The molecular weight excluding hydrogens is 358 g/mol. The van der Waals surface area contributed by atoms with Gasteiger partial charge in [-0.25, -0.2) is 0 Å². The fourth-order valence-corrected chi connectivity index (χ4v) is 3.12. The van der Waals surface area contributed by atoms with Crippen LogP contribution >= 0.6 is 0 Å². The minimum atomic E-state index is 0.765. The lowest BCUT2D eigenvalue weighted by Crippen LogP contribution is -1.96. The Hall–Kier alpha value is -2.81. The molecule has 1 aromatic heterocycles. The average molecular weight is 390 g/mol. The second-order valence-corrected chi connectivity index (χ2v) is 7.34. The van der Waals surface area contributed by atoms with Crippen LogP contribution in [0.2, 0.25) is 0 Å². The van der Waals surface area contributed by atoms with E-state index < -0.39 is 0 Å². The first kappa shape index (κ1) is 20.9. The van der Waals surface area contributed by atoms with Crippen LogP contribution in [0.4, 0.5) is 0 Å². The molecule has 0 saturated carbocycles. The first-order chi connectivity index (χ1) is 14.2. The molecule has 0 bridgehead atoms. The minimum Gasteiger partial charge on any atom is -0.494 e. The van der Waals surface area contributed by atoms with E-state index in [1.54, 1.807) is 0 Å². The predicted molar refractivity (Wildman–Crippen MR) is 121 cm³/mol. The average Bonchev–Trinajstić information content (AvgIpc) is 2.75. The van der Waals surface area contributed by atoms with Crippen molar-refractivity contribution in [1.29, 1.82) is 0 Å². The van der Waals surface area contributed by atoms with Crippen LogP contribution in [0.25, 0.3) is 22.4 Å². The van der Waals surface area contributed by atoms with E-state index in [2.05, 4.69) is 50.2 Å². The van der Waals surface area contributed by atoms with E-state index in [1.165, 1.54) is 5.56 Å². The molecule has 0 aliphatic rings. The van der Waals surface area contributed by atoms with Crippen molar-refractivity contribution < 1.29 is 9.47 Å². The molecule has 0 unspecified atom stereocenters. The van der Waals surface area contributed by atoms with Gasteiger partial charge in [0.05, 0.1) is 18.9 Å². The summed E-state index contributed by atoms with van der Waals surface area (Å²) in [4.78, 5) is 4.74. The predicted octanol–water partition coefficient (Wildman–Crippen LogP) is 7.08. The number of rotatable bonds is 10. The van der Waals surface area contributed by atoms with Gasteiger partial charge in [-0.3, -0.25) is 4.98 Å². The van der Waals surface area contributed by atoms with E-state index in [4.69, 9.17) is 14.5 Å². The van der Waals surface area contributed by atoms with Crippen LogP contribution in [-0.2, 0) is 0 Å². The van der Waals surface area contributed by atoms with Gasteiger partial charge in [0.25, 0.3) is 0 Å². The lowest BCUT2D eigenvalue weighted by Gasteiger charge is -2.10. The molecule has 0 saturated heterocycles. The third kappa shape index (κ3) is 6.08. The van der Waals surface area contributed by atoms with Crippen molar-refractivity contribution in [3.05, 3.63) is 66.4 Å². The molecule has 0 aliphatic carbocycles. The number of nitrogens with zero attached hydrogens (tertiary/aromatic N) is 1. The van der Waals surface area contributed by atoms with E-state index in [1.807, 2.05) is 31.2 Å². The van der Waals surface area contributed by atoms with Crippen LogP contribution in [0.1, 0.15) is 45.2 Å². The summed E-state index contributed by atoms with van der Waals surface area (Å²) in [5.41, 5.74) is 5.40. The molecule has 3 rings (SSSR count). The van der Waals surface area contributed by atoms with Gasteiger partial charge < -0.3 is 9.47 Å². The molecule has 3 heteroatoms. The Bertz CT molecular complexity index is 814. The Morgan fingerprint density at radius 2 is 1.17 bits per heavy atom. The van der Waals surface area contributed by atoms with Gasteiger partial charge in [-0.2, -0.15) is 0 Å². The second-order valence-electron chi connectivity index (χ2n) is 7.34. The highest BCUT2D eigenvalue weighted by molar-refractivity contribution is 5.71. The van der Waals surface area contributed by atoms with Crippen LogP contribution in [-0.4, -0.2) is 18.2 Å². The molecule has 0 fully saturated rings. The van der Waals surface area contributed by atoms with Gasteiger partial charge >= 0.3 is 0 Å². The number of hydrogen-bond acceptors (Lipinski definition) is 3. The van der Waals surface area contributed by atoms with Crippen molar-refractivity contribution in [1.82, 2.24) is 4.98 Å². The van der Waals surface area contributed by atoms with Crippen molar-refractivity contribution in [2.45, 2.75) is 46.5 Å². The fraction of sp³-hybridized carbons (Fsp3) is 0.346. The maximum absolute atomic E-state index is 5.78. The summed E-state index contributed by atoms with van der Waals surface area (Å²) in [5.74, 6) is 1.83. The number of aromatic nitrogens is 1. The van der Waals surface area contributed by atoms with Crippen molar-refractivity contribution in [2.75, 3.05) is 13.2 Å². The Balaban J connectivity index is 1.76. The van der Waals surface area contributed by atoms with E-state index >= 15 is 0 Å². The molecule has 0 aliphatic heterocycles. The van der Waals surface area contributed by atoms with Crippen LogP contribution in [0.3, 0.4) is 0 Å². The number of aryl methyl sites for hydroxylation is 1. The summed E-state index contributed by atoms with van der Waals surface area (Å²) in [5, 5.41) is 0. The Morgan fingerprint density at radius 1 is 0.655 bits per heavy atom. The summed E-state index contributed by atoms with van der Waals surface area (Å²) in [7, 11) is 0. The lowest BCUT2D eigenvalue weighted by molar-refractivity contribution is 0.309. The molecule has 0 N–H and O–H groups in total. The zero-order valence-corrected chi connectivity index (χ0v) is 17.8. The van der Waals surface area contributed by atoms with Gasteiger partial charge in [0.2, 0.25) is 0 Å². The molecule has 0 atom stereocenters. The molecule has 3 nitrogen and oxygen atoms in total. The summed E-state index contributed by atoms with van der Waals surface area (Å²) < 4.78 is 11.5. The zero-order valence-electron chi connectivity index (χ0n) is 17.8. The van der Waals surface area contributed by atoms with E-state index in [0.717, 1.165) is 72.9 Å². The van der Waals surface area contributed by atoms with Gasteiger partial charge in [-0.1, -0.05) is 38.8 Å². The Labute approximate surface area is 174 Å². The number of benzene rings is 2. The molecule has 0 spiro atoms. The van der Waals surface area contributed by atoms with Crippen LogP contribution in [0, 0.1) is 6.92 Å². The van der Waals surface area contributed by atoms with E-state index in [-0.39, 0.29) is 0 Å². The van der Waals surface area contributed by atoms with Crippen molar-refractivity contribution >= 4 is 0 Å². The molecule has 1 heterocycles. The molecule has 152 valence electrons. The molecule has 3 aromatic rings. The van der Waals surface area contributed by atoms with Crippen molar-refractivity contribution in [3.63, 3.8) is 0 Å². The standard InChI is InChI=1S/C26H31NO2/c1-4-6-16-28-24-12-8-21(9-13-24)23-18-20(3)27-26(19-23)22-10-14-25(15-11-22)29-17-7-5-2/h8-15,18-19H,4-7,16-17H2,1-3H3. The number of ether oxygens (including phenoxy) is 2. The highest BCUT2D eigenvalue weighted by Gasteiger charge is 2.06. The monoisotopic (exact) mass is 389 g/mol. The summed E-state index contributed by atoms with van der Waals surface area (Å²) in [6.45, 7) is 7.91. The number of unbranched alkanes of at least 4 members (excludes halogenated alkanes) is 2. The highest BCUT2D eigenvalue weighted by atomic mass is 16.5. The molecular formula is C26H31NO2. The summed E-state index contributed by atoms with van der Waals surface area (Å²) in [6, 6.07) is 20.8. The lowest BCUT2D eigenvalue weighted by atomic mass is 10.0. The summed E-state index contributed by atoms with van der Waals surface area (Å²) >= 11 is 0. The van der Waals surface area contributed by atoms with Gasteiger partial charge in [0.15, 0.2) is 0 Å². The Kier molecular flexibility index (Phi) is 7.69. The first-order valence-electron chi connectivity index (χ1n) is 10.6. The topological polar surface area (TPSA) is 31.4 Å². The fourth-order valence-electron chi connectivity index (χ4n) is 3.12. The first-order valence-corrected chi connectivity index (χ1v) is 10.6. The van der Waals surface area contributed by atoms with E-state index in [0.29, 0.717) is 0 Å². The summed E-state index contributed by atoms with van der Waals surface area (Å²) in [6.07, 6.45) is 4.44. The SMILES string of the molecule is CCCCOc1ccc(-c2cc(C)nc(-c3ccc(OCCCC)cc3)c2)cc1. The largest absolute Gasteiger partial charge is 0.494 e. The van der Waals surface area contributed by atoms with Crippen LogP contribution < -0.4 is 9.47 Å². The quantitative estimate of drug-likeness (QED) is 0.347. The van der Waals surface area contributed by atoms with Gasteiger partial charge in [-0.15, -0.1) is 0 Å². The van der Waals surface area contributed by atoms with E-state index in [9.17, 15) is 0 Å². The number of pyridine rings is 1. The smallest absolute Gasteiger partial charge is 0.119 e. The molecule has 29 heavy (non-hydrogen) atoms. The maximum atomic E-state index is 5.78. The van der Waals surface area contributed by atoms with Gasteiger partial charge in [0.1, 0.15) is 11.5 Å². The zero-order chi connectivity index (χ0) is 20.5. The molecule has 0 amide bonds. The highest BCUT2D eigenvalue weighted by Crippen LogP contribution is 2.28. The van der Waals surface area contributed by atoms with Crippen LogP contribution in [0.15, 0.2) is 60.7 Å². The van der Waals surface area contributed by atoms with Gasteiger partial charge in [0, 0.05) is 11.3 Å². The third-order valence-corrected chi connectivity index (χ3v) is 4.82. The van der Waals surface area contributed by atoms with Crippen molar-refractivity contribution in [2.24, 2.45) is 0 Å². The molecule has 2 aromatic carbocycles. The minimum absolute atomic E-state index is 0.765. The van der Waals surface area contributed by atoms with Crippen LogP contribution in [0.5, 0.6) is 11.5 Å². The Morgan fingerprint density at radius 3 is 1.69 bits per heavy atom. The second kappa shape index (κ2) is 10.7. The van der Waals surface area contributed by atoms with Gasteiger partial charge in [-0.05, 0) is 79.4 Å². The van der Waals surface area contributed by atoms with Crippen molar-refractivity contribution in [3.8, 4) is 33.9 Å². The molecule has 0 radical (unpaired) electrons. The number of hydrogen-bond donors (Lipinski definition) is 0. The third-order valence-electron chi connectivity index (χ3n) is 4.82. The normalized spacial score (nSPS) is 10.7.